The van der Waals surface area contributed by atoms with Crippen molar-refractivity contribution in [2.75, 3.05) is 5.32 Å². The van der Waals surface area contributed by atoms with Gasteiger partial charge in [-0.25, -0.2) is 13.4 Å². The van der Waals surface area contributed by atoms with E-state index in [4.69, 9.17) is 32.8 Å². The van der Waals surface area contributed by atoms with Crippen LogP contribution in [-0.2, 0) is 9.84 Å². The van der Waals surface area contributed by atoms with Crippen LogP contribution in [0.2, 0.25) is 10.3 Å². The van der Waals surface area contributed by atoms with Gasteiger partial charge >= 0.3 is 0 Å². The van der Waals surface area contributed by atoms with Crippen molar-refractivity contribution in [3.8, 4) is 0 Å². The van der Waals surface area contributed by atoms with E-state index >= 15 is 0 Å². The molecule has 21 heavy (non-hydrogen) atoms. The maximum atomic E-state index is 13.1. The largest absolute Gasteiger partial charge is 0.338 e. The lowest BCUT2D eigenvalue weighted by Crippen LogP contribution is -2.15. The van der Waals surface area contributed by atoms with Crippen LogP contribution in [0.5, 0.6) is 0 Å². The highest BCUT2D eigenvalue weighted by Gasteiger charge is 2.22. The Hall–Kier alpha value is -1.37. The molecule has 0 saturated carbocycles. The van der Waals surface area contributed by atoms with E-state index in [1.807, 2.05) is 0 Å². The van der Waals surface area contributed by atoms with Crippen molar-refractivity contribution in [2.24, 2.45) is 0 Å². The second-order valence-corrected chi connectivity index (χ2v) is 6.39. The number of nitrogens with zero attached hydrogens (tertiary/aromatic N) is 2. The number of hydrogen-bond donors (Lipinski definition) is 1. The minimum Gasteiger partial charge on any atom is -0.338 e. The van der Waals surface area contributed by atoms with Crippen LogP contribution in [0, 0.1) is 0 Å². The Morgan fingerprint density at radius 3 is 2.76 bits per heavy atom. The summed E-state index contributed by atoms with van der Waals surface area (Å²) in [5.74, 6) is -0.0948. The molecule has 0 bridgehead atoms. The van der Waals surface area contributed by atoms with E-state index in [0.29, 0.717) is 0 Å². The van der Waals surface area contributed by atoms with Gasteiger partial charge in [0, 0.05) is 9.60 Å². The molecule has 0 fully saturated rings. The number of hydrogen-bond acceptors (Lipinski definition) is 5. The molecule has 0 aliphatic carbocycles. The molecule has 1 aromatic heterocycles. The number of halogens is 2. The van der Waals surface area contributed by atoms with E-state index in [0.717, 1.165) is 12.3 Å². The monoisotopic (exact) mass is 352 g/mol. The number of rotatable bonds is 4. The molecule has 0 atom stereocenters. The topological polar surface area (TPSA) is 72.0 Å². The van der Waals surface area contributed by atoms with Gasteiger partial charge in [0.15, 0.2) is 15.7 Å². The molecule has 1 heterocycles. The predicted octanol–water partition coefficient (Wildman–Crippen LogP) is 3.71. The van der Waals surface area contributed by atoms with Gasteiger partial charge in [0.2, 0.25) is 5.28 Å². The number of benzene rings is 1. The number of nitrogens with one attached hydrogen (secondary N) is 1. The third-order valence-electron chi connectivity index (χ3n) is 2.41. The van der Waals surface area contributed by atoms with Crippen LogP contribution in [0.3, 0.4) is 0 Å². The van der Waals surface area contributed by atoms with E-state index < -0.39 is 33.7 Å². The van der Waals surface area contributed by atoms with Crippen molar-refractivity contribution in [1.82, 2.24) is 9.97 Å². The first-order chi connectivity index (χ1) is 12.6. The summed E-state index contributed by atoms with van der Waals surface area (Å²) < 4.78 is 78.7. The molecule has 0 aliphatic heterocycles. The molecule has 0 saturated heterocycles. The first-order valence-corrected chi connectivity index (χ1v) is 7.65. The molecule has 8 heteroatoms. The Kier molecular flexibility index (Phi) is 2.62. The fourth-order valence-corrected chi connectivity index (χ4v) is 2.63. The van der Waals surface area contributed by atoms with Crippen molar-refractivity contribution in [2.45, 2.75) is 23.8 Å². The van der Waals surface area contributed by atoms with Crippen molar-refractivity contribution in [3.63, 3.8) is 0 Å². The molecular formula is C13H13Cl2N3O2S. The lowest BCUT2D eigenvalue weighted by Gasteiger charge is -2.14. The molecule has 0 unspecified atom stereocenters. The summed E-state index contributed by atoms with van der Waals surface area (Å²) >= 11 is 11.6. The lowest BCUT2D eigenvalue weighted by molar-refractivity contribution is 0.588. The number of anilines is 2. The van der Waals surface area contributed by atoms with Crippen LogP contribution in [0.1, 0.15) is 23.3 Å². The van der Waals surface area contributed by atoms with E-state index in [1.54, 1.807) is 0 Å². The second-order valence-electron chi connectivity index (χ2n) is 3.79. The van der Waals surface area contributed by atoms with Crippen LogP contribution < -0.4 is 5.32 Å². The smallest absolute Gasteiger partial charge is 0.224 e. The normalized spacial score (nSPS) is 18.3. The third kappa shape index (κ3) is 3.45. The zero-order chi connectivity index (χ0) is 21.5. The van der Waals surface area contributed by atoms with Crippen molar-refractivity contribution in [1.29, 1.82) is 0 Å². The summed E-state index contributed by atoms with van der Waals surface area (Å²) in [6.07, 6.45) is 1.15. The van der Waals surface area contributed by atoms with Gasteiger partial charge in [0.05, 0.1) is 22.0 Å². The molecule has 0 aliphatic rings. The average molecular weight is 353 g/mol. The predicted molar refractivity (Wildman–Crippen MR) is 84.1 cm³/mol. The Balaban J connectivity index is 2.70. The molecule has 5 nitrogen and oxygen atoms in total. The summed E-state index contributed by atoms with van der Waals surface area (Å²) in [6, 6.07) is 4.88. The van der Waals surface area contributed by atoms with Gasteiger partial charge in [-0.05, 0) is 37.4 Å². The molecular weight excluding hydrogens is 333 g/mol. The standard InChI is InChI=1S/C13H13Cl2N3O2S/c1-8(2)21(19,20)11-6-4-3-5-10(11)17-12-9(14)7-16-13(15)18-12/h3-8H,1-2H3,(H,16,17,18)/i1D3,2D3,8D. The van der Waals surface area contributed by atoms with Crippen LogP contribution in [0.15, 0.2) is 35.4 Å². The molecule has 1 aromatic carbocycles. The van der Waals surface area contributed by atoms with Crippen molar-refractivity contribution in [3.05, 3.63) is 40.8 Å². The van der Waals surface area contributed by atoms with Gasteiger partial charge in [-0.3, -0.25) is 0 Å². The molecule has 112 valence electrons. The summed E-state index contributed by atoms with van der Waals surface area (Å²) in [5.41, 5.74) is -0.232. The van der Waals surface area contributed by atoms with Gasteiger partial charge in [-0.2, -0.15) is 4.98 Å². The van der Waals surface area contributed by atoms with Crippen molar-refractivity contribution >= 4 is 44.5 Å². The van der Waals surface area contributed by atoms with E-state index in [2.05, 4.69) is 15.3 Å². The van der Waals surface area contributed by atoms with Gasteiger partial charge in [0.25, 0.3) is 0 Å². The third-order valence-corrected chi connectivity index (χ3v) is 4.34. The fraction of sp³-hybridized carbons (Fsp3) is 0.231. The molecule has 0 radical (unpaired) electrons. The Morgan fingerprint density at radius 2 is 2.05 bits per heavy atom. The zero-order valence-electron chi connectivity index (χ0n) is 17.3. The highest BCUT2D eigenvalue weighted by molar-refractivity contribution is 7.92. The highest BCUT2D eigenvalue weighted by atomic mass is 35.5. The first-order valence-electron chi connectivity index (χ1n) is 8.91. The van der Waals surface area contributed by atoms with E-state index in [-0.39, 0.29) is 21.8 Å². The van der Waals surface area contributed by atoms with Gasteiger partial charge < -0.3 is 5.32 Å². The average Bonchev–Trinajstić information content (AvgIpc) is 2.55. The van der Waals surface area contributed by atoms with Gasteiger partial charge in [0.1, 0.15) is 5.02 Å². The zero-order valence-corrected chi connectivity index (χ0v) is 12.6. The Bertz CT molecular complexity index is 982. The maximum Gasteiger partial charge on any atom is 0.224 e. The summed E-state index contributed by atoms with van der Waals surface area (Å²) in [4.78, 5) is 6.72. The van der Waals surface area contributed by atoms with Crippen LogP contribution in [-0.4, -0.2) is 23.6 Å². The van der Waals surface area contributed by atoms with Crippen LogP contribution in [0.25, 0.3) is 0 Å². The quantitative estimate of drug-likeness (QED) is 0.849. The van der Waals surface area contributed by atoms with Crippen molar-refractivity contribution < 1.29 is 18.0 Å². The second kappa shape index (κ2) is 6.17. The van der Waals surface area contributed by atoms with Gasteiger partial charge in [-0.15, -0.1) is 0 Å². The molecule has 0 amide bonds. The minimum atomic E-state index is -5.23. The van der Waals surface area contributed by atoms with E-state index in [1.165, 1.54) is 18.2 Å². The SMILES string of the molecule is [2H]C([2H])([2H])C([2H])(C([2H])([2H])[2H])S(=O)(=O)c1ccccc1Nc1nc(Cl)ncc1Cl. The summed E-state index contributed by atoms with van der Waals surface area (Å²) in [6.45, 7) is -7.33. The molecule has 0 spiro atoms. The highest BCUT2D eigenvalue weighted by Crippen LogP contribution is 2.29. The fourth-order valence-electron chi connectivity index (χ4n) is 1.48. The first kappa shape index (κ1) is 8.92. The van der Waals surface area contributed by atoms with Crippen LogP contribution in [0.4, 0.5) is 11.5 Å². The minimum absolute atomic E-state index is 0.0274. The number of sulfone groups is 1. The summed E-state index contributed by atoms with van der Waals surface area (Å²) in [5, 5.41) is -1.47. The van der Waals surface area contributed by atoms with Crippen LogP contribution >= 0.6 is 23.2 Å². The summed E-state index contributed by atoms with van der Waals surface area (Å²) in [7, 11) is -5.23. The Morgan fingerprint density at radius 1 is 1.33 bits per heavy atom. The molecule has 2 rings (SSSR count). The van der Waals surface area contributed by atoms with E-state index in [9.17, 15) is 8.42 Å². The van der Waals surface area contributed by atoms with Gasteiger partial charge in [-0.1, -0.05) is 23.7 Å². The molecule has 1 N–H and O–H groups in total. The molecule has 2 aromatic rings. The number of para-hydroxylation sites is 1. The number of aromatic nitrogens is 2. The maximum absolute atomic E-state index is 13.1. The lowest BCUT2D eigenvalue weighted by atomic mass is 10.3. The Labute approximate surface area is 143 Å².